The predicted octanol–water partition coefficient (Wildman–Crippen LogP) is 2.36. The van der Waals surface area contributed by atoms with Crippen molar-refractivity contribution in [2.75, 3.05) is 0 Å². The third-order valence-electron chi connectivity index (χ3n) is 5.97. The van der Waals surface area contributed by atoms with E-state index in [9.17, 15) is 9.59 Å². The topological polar surface area (TPSA) is 34.1 Å². The Labute approximate surface area is 90.4 Å². The Morgan fingerprint density at radius 2 is 1.87 bits per heavy atom. The second kappa shape index (κ2) is 2.21. The van der Waals surface area contributed by atoms with Gasteiger partial charge in [-0.1, -0.05) is 20.8 Å². The molecule has 3 aliphatic carbocycles. The summed E-state index contributed by atoms with van der Waals surface area (Å²) in [6.45, 7) is 6.27. The van der Waals surface area contributed by atoms with Gasteiger partial charge in [-0.3, -0.25) is 9.59 Å². The molecule has 0 aromatic heterocycles. The summed E-state index contributed by atoms with van der Waals surface area (Å²) in [5, 5.41) is 0. The van der Waals surface area contributed by atoms with Gasteiger partial charge >= 0.3 is 0 Å². The Hall–Kier alpha value is -0.660. The van der Waals surface area contributed by atoms with E-state index in [1.165, 1.54) is 0 Å². The highest BCUT2D eigenvalue weighted by atomic mass is 16.1. The fourth-order valence-corrected chi connectivity index (χ4v) is 4.34. The van der Waals surface area contributed by atoms with Crippen molar-refractivity contribution in [3.63, 3.8) is 0 Å². The van der Waals surface area contributed by atoms with Crippen molar-refractivity contribution in [1.29, 1.82) is 0 Å². The summed E-state index contributed by atoms with van der Waals surface area (Å²) in [5.74, 6) is 1.08. The Bertz CT molecular complexity index is 382. The fraction of sp³-hybridized carbons (Fsp3) is 0.846. The standard InChI is InChI=1S/C13H18O2/c1-11(2)10(15)4-5-13-6-8(13)9(14)7-12(11,13)3/h8H,4-7H2,1-3H3/t8-,12+,13-/m0/s1. The first-order valence-corrected chi connectivity index (χ1v) is 5.91. The molecule has 0 radical (unpaired) electrons. The minimum absolute atomic E-state index is 0.0584. The highest BCUT2D eigenvalue weighted by Crippen LogP contribution is 2.79. The molecule has 0 saturated heterocycles. The highest BCUT2D eigenvalue weighted by Gasteiger charge is 2.77. The van der Waals surface area contributed by atoms with Gasteiger partial charge in [0.15, 0.2) is 0 Å². The maximum absolute atomic E-state index is 12.0. The SMILES string of the molecule is CC1(C)C(=O)CC[C@]23C[C@H]2C(=O)C[C@]13C. The largest absolute Gasteiger partial charge is 0.299 e. The van der Waals surface area contributed by atoms with Gasteiger partial charge < -0.3 is 0 Å². The van der Waals surface area contributed by atoms with E-state index < -0.39 is 0 Å². The minimum atomic E-state index is -0.299. The molecule has 0 heterocycles. The van der Waals surface area contributed by atoms with E-state index in [-0.39, 0.29) is 16.2 Å². The van der Waals surface area contributed by atoms with Crippen LogP contribution in [-0.2, 0) is 9.59 Å². The van der Waals surface area contributed by atoms with E-state index in [4.69, 9.17) is 0 Å². The molecule has 0 N–H and O–H groups in total. The molecule has 3 atom stereocenters. The average Bonchev–Trinajstić information content (AvgIpc) is 2.82. The minimum Gasteiger partial charge on any atom is -0.299 e. The van der Waals surface area contributed by atoms with Crippen LogP contribution in [0.3, 0.4) is 0 Å². The Morgan fingerprint density at radius 3 is 2.47 bits per heavy atom. The number of Topliss-reactive ketones (excluding diaryl/α,β-unsaturated/α-hetero) is 2. The lowest BCUT2D eigenvalue weighted by Crippen LogP contribution is -2.50. The molecule has 0 unspecified atom stereocenters. The van der Waals surface area contributed by atoms with Crippen molar-refractivity contribution in [3.05, 3.63) is 0 Å². The van der Waals surface area contributed by atoms with E-state index in [0.29, 0.717) is 30.3 Å². The molecule has 0 amide bonds. The summed E-state index contributed by atoms with van der Waals surface area (Å²) in [6, 6.07) is 0. The maximum atomic E-state index is 12.0. The lowest BCUT2D eigenvalue weighted by Gasteiger charge is -2.50. The Morgan fingerprint density at radius 1 is 1.20 bits per heavy atom. The number of hydrogen-bond donors (Lipinski definition) is 0. The molecule has 0 aromatic carbocycles. The van der Waals surface area contributed by atoms with Gasteiger partial charge in [-0.25, -0.2) is 0 Å². The van der Waals surface area contributed by atoms with Gasteiger partial charge in [-0.05, 0) is 23.7 Å². The number of hydrogen-bond acceptors (Lipinski definition) is 2. The lowest BCUT2D eigenvalue weighted by molar-refractivity contribution is -0.145. The third kappa shape index (κ3) is 0.765. The van der Waals surface area contributed by atoms with Crippen molar-refractivity contribution in [2.24, 2.45) is 22.2 Å². The quantitative estimate of drug-likeness (QED) is 0.609. The van der Waals surface area contributed by atoms with E-state index in [0.717, 1.165) is 12.8 Å². The fourth-order valence-electron chi connectivity index (χ4n) is 4.34. The predicted molar refractivity (Wildman–Crippen MR) is 56.3 cm³/mol. The van der Waals surface area contributed by atoms with Gasteiger partial charge in [0.05, 0.1) is 0 Å². The van der Waals surface area contributed by atoms with E-state index in [1.54, 1.807) is 0 Å². The van der Waals surface area contributed by atoms with Crippen molar-refractivity contribution in [2.45, 2.75) is 46.5 Å². The zero-order chi connectivity index (χ0) is 11.1. The summed E-state index contributed by atoms with van der Waals surface area (Å²) in [7, 11) is 0. The number of carbonyl (C=O) groups excluding carboxylic acids is 2. The molecule has 0 aliphatic heterocycles. The van der Waals surface area contributed by atoms with Crippen molar-refractivity contribution >= 4 is 11.6 Å². The monoisotopic (exact) mass is 206 g/mol. The molecule has 3 fully saturated rings. The number of rotatable bonds is 0. The first-order chi connectivity index (χ1) is 6.85. The molecule has 82 valence electrons. The molecule has 0 aromatic rings. The van der Waals surface area contributed by atoms with Crippen LogP contribution in [0, 0.1) is 22.2 Å². The number of carbonyl (C=O) groups is 2. The average molecular weight is 206 g/mol. The second-order valence-electron chi connectivity index (χ2n) is 6.44. The molecular formula is C13H18O2. The van der Waals surface area contributed by atoms with Crippen LogP contribution in [0.1, 0.15) is 46.5 Å². The first-order valence-electron chi connectivity index (χ1n) is 5.91. The summed E-state index contributed by atoms with van der Waals surface area (Å²) in [5.41, 5.74) is -0.148. The molecule has 1 spiro atoms. The summed E-state index contributed by atoms with van der Waals surface area (Å²) in [4.78, 5) is 23.9. The van der Waals surface area contributed by atoms with Crippen molar-refractivity contribution in [1.82, 2.24) is 0 Å². The second-order valence-corrected chi connectivity index (χ2v) is 6.44. The first kappa shape index (κ1) is 9.56. The highest BCUT2D eigenvalue weighted by molar-refractivity contribution is 5.95. The van der Waals surface area contributed by atoms with Crippen LogP contribution in [-0.4, -0.2) is 11.6 Å². The Kier molecular flexibility index (Phi) is 1.41. The van der Waals surface area contributed by atoms with Crippen LogP contribution >= 0.6 is 0 Å². The van der Waals surface area contributed by atoms with Crippen LogP contribution < -0.4 is 0 Å². The van der Waals surface area contributed by atoms with E-state index in [2.05, 4.69) is 6.92 Å². The molecule has 3 aliphatic rings. The maximum Gasteiger partial charge on any atom is 0.139 e. The molecule has 3 rings (SSSR count). The molecule has 0 bridgehead atoms. The van der Waals surface area contributed by atoms with Gasteiger partial charge in [0.25, 0.3) is 0 Å². The van der Waals surface area contributed by atoms with Gasteiger partial charge in [-0.15, -0.1) is 0 Å². The molecular weight excluding hydrogens is 188 g/mol. The Balaban J connectivity index is 2.14. The smallest absolute Gasteiger partial charge is 0.139 e. The molecule has 15 heavy (non-hydrogen) atoms. The normalized spacial score (nSPS) is 51.3. The summed E-state index contributed by atoms with van der Waals surface area (Å²) in [6.07, 6.45) is 3.34. The van der Waals surface area contributed by atoms with Gasteiger partial charge in [-0.2, -0.15) is 0 Å². The molecule has 3 saturated carbocycles. The van der Waals surface area contributed by atoms with Crippen LogP contribution in [0.2, 0.25) is 0 Å². The lowest BCUT2D eigenvalue weighted by atomic mass is 9.52. The molecule has 2 heteroatoms. The third-order valence-corrected chi connectivity index (χ3v) is 5.97. The van der Waals surface area contributed by atoms with Crippen LogP contribution in [0.4, 0.5) is 0 Å². The van der Waals surface area contributed by atoms with Crippen LogP contribution in [0.25, 0.3) is 0 Å². The van der Waals surface area contributed by atoms with E-state index in [1.807, 2.05) is 13.8 Å². The van der Waals surface area contributed by atoms with Crippen LogP contribution in [0.15, 0.2) is 0 Å². The van der Waals surface area contributed by atoms with Gasteiger partial charge in [0.2, 0.25) is 0 Å². The van der Waals surface area contributed by atoms with Crippen molar-refractivity contribution < 1.29 is 9.59 Å². The van der Waals surface area contributed by atoms with Crippen molar-refractivity contribution in [3.8, 4) is 0 Å². The van der Waals surface area contributed by atoms with Gasteiger partial charge in [0.1, 0.15) is 11.6 Å². The zero-order valence-electron chi connectivity index (χ0n) is 9.72. The zero-order valence-corrected chi connectivity index (χ0v) is 9.72. The molecule has 2 nitrogen and oxygen atoms in total. The van der Waals surface area contributed by atoms with E-state index >= 15 is 0 Å². The summed E-state index contributed by atoms with van der Waals surface area (Å²) < 4.78 is 0. The van der Waals surface area contributed by atoms with Crippen LogP contribution in [0.5, 0.6) is 0 Å². The van der Waals surface area contributed by atoms with Gasteiger partial charge in [0, 0.05) is 24.2 Å². The number of ketones is 2. The summed E-state index contributed by atoms with van der Waals surface area (Å²) >= 11 is 0.